The van der Waals surface area contributed by atoms with Crippen LogP contribution in [-0.2, 0) is 0 Å². The van der Waals surface area contributed by atoms with Crippen LogP contribution in [0.3, 0.4) is 0 Å². The van der Waals surface area contributed by atoms with E-state index in [4.69, 9.17) is 4.99 Å². The van der Waals surface area contributed by atoms with Crippen molar-refractivity contribution in [2.24, 2.45) is 16.8 Å². The molecule has 0 aromatic heterocycles. The molecule has 0 bridgehead atoms. The molecule has 3 aliphatic heterocycles. The first-order chi connectivity index (χ1) is 8.83. The number of thioether (sulfide) groups is 1. The van der Waals surface area contributed by atoms with Crippen LogP contribution >= 0.6 is 35.7 Å². The van der Waals surface area contributed by atoms with Gasteiger partial charge in [0.1, 0.15) is 0 Å². The third kappa shape index (κ3) is 3.93. The number of fused-ring (bicyclic) bond motifs is 1. The van der Waals surface area contributed by atoms with Crippen LogP contribution in [0.25, 0.3) is 0 Å². The molecular formula is C14H26IN3S. The molecule has 2 fully saturated rings. The van der Waals surface area contributed by atoms with E-state index in [-0.39, 0.29) is 24.0 Å². The molecule has 3 rings (SSSR count). The summed E-state index contributed by atoms with van der Waals surface area (Å²) in [6.07, 6.45) is 5.50. The first-order valence-electron chi connectivity index (χ1n) is 7.45. The summed E-state index contributed by atoms with van der Waals surface area (Å²) in [5.74, 6) is 5.58. The van der Waals surface area contributed by atoms with Gasteiger partial charge in [-0.25, -0.2) is 0 Å². The maximum absolute atomic E-state index is 4.72. The largest absolute Gasteiger partial charge is 0.356 e. The van der Waals surface area contributed by atoms with Crippen molar-refractivity contribution in [3.63, 3.8) is 0 Å². The van der Waals surface area contributed by atoms with Gasteiger partial charge in [0, 0.05) is 13.1 Å². The second kappa shape index (κ2) is 7.38. The molecule has 110 valence electrons. The van der Waals surface area contributed by atoms with Crippen molar-refractivity contribution in [3.05, 3.63) is 0 Å². The zero-order valence-electron chi connectivity index (χ0n) is 11.8. The molecule has 0 aliphatic carbocycles. The van der Waals surface area contributed by atoms with E-state index in [0.29, 0.717) is 6.04 Å². The van der Waals surface area contributed by atoms with Crippen LogP contribution in [0.4, 0.5) is 0 Å². The fourth-order valence-corrected chi connectivity index (χ4v) is 4.46. The second-order valence-corrected chi connectivity index (χ2v) is 7.27. The normalized spacial score (nSPS) is 34.3. The highest BCUT2D eigenvalue weighted by atomic mass is 127. The molecule has 0 spiro atoms. The zero-order chi connectivity index (χ0) is 12.4. The summed E-state index contributed by atoms with van der Waals surface area (Å²) in [5.41, 5.74) is 0. The average Bonchev–Trinajstić information content (AvgIpc) is 2.80. The SMILES string of the molecule is CC1CCC2CN=C(NCC3CCCSC3)N2C1.I. The molecule has 1 N–H and O–H groups in total. The Kier molecular flexibility index (Phi) is 6.11. The third-order valence-electron chi connectivity index (χ3n) is 4.47. The number of aliphatic imine (C=N–C) groups is 1. The van der Waals surface area contributed by atoms with Gasteiger partial charge in [-0.15, -0.1) is 24.0 Å². The Balaban J connectivity index is 0.00000133. The third-order valence-corrected chi connectivity index (χ3v) is 5.75. The van der Waals surface area contributed by atoms with Gasteiger partial charge in [0.25, 0.3) is 0 Å². The summed E-state index contributed by atoms with van der Waals surface area (Å²) in [7, 11) is 0. The van der Waals surface area contributed by atoms with E-state index >= 15 is 0 Å². The highest BCUT2D eigenvalue weighted by Crippen LogP contribution is 2.26. The zero-order valence-corrected chi connectivity index (χ0v) is 15.0. The van der Waals surface area contributed by atoms with Gasteiger partial charge in [-0.2, -0.15) is 11.8 Å². The van der Waals surface area contributed by atoms with E-state index < -0.39 is 0 Å². The minimum absolute atomic E-state index is 0. The number of halogens is 1. The van der Waals surface area contributed by atoms with Crippen molar-refractivity contribution in [2.75, 3.05) is 31.1 Å². The molecule has 3 atom stereocenters. The lowest BCUT2D eigenvalue weighted by Gasteiger charge is -2.36. The highest BCUT2D eigenvalue weighted by Gasteiger charge is 2.32. The predicted molar refractivity (Wildman–Crippen MR) is 94.7 cm³/mol. The molecule has 3 unspecified atom stereocenters. The number of guanidine groups is 1. The van der Waals surface area contributed by atoms with E-state index in [2.05, 4.69) is 28.9 Å². The maximum Gasteiger partial charge on any atom is 0.194 e. The lowest BCUT2D eigenvalue weighted by molar-refractivity contribution is 0.210. The van der Waals surface area contributed by atoms with E-state index in [1.807, 2.05) is 0 Å². The quantitative estimate of drug-likeness (QED) is 0.729. The van der Waals surface area contributed by atoms with Crippen LogP contribution in [-0.4, -0.2) is 48.0 Å². The van der Waals surface area contributed by atoms with Crippen molar-refractivity contribution in [1.29, 1.82) is 0 Å². The van der Waals surface area contributed by atoms with Crippen molar-refractivity contribution < 1.29 is 0 Å². The molecule has 0 amide bonds. The van der Waals surface area contributed by atoms with Crippen LogP contribution in [0.2, 0.25) is 0 Å². The molecule has 0 saturated carbocycles. The summed E-state index contributed by atoms with van der Waals surface area (Å²) in [4.78, 5) is 7.26. The first kappa shape index (κ1) is 15.7. The Morgan fingerprint density at radius 1 is 1.37 bits per heavy atom. The smallest absolute Gasteiger partial charge is 0.194 e. The van der Waals surface area contributed by atoms with Crippen LogP contribution in [0.15, 0.2) is 4.99 Å². The molecule has 0 aromatic rings. The topological polar surface area (TPSA) is 27.6 Å². The van der Waals surface area contributed by atoms with E-state index in [1.165, 1.54) is 49.7 Å². The van der Waals surface area contributed by atoms with Crippen LogP contribution in [0.1, 0.15) is 32.6 Å². The maximum atomic E-state index is 4.72. The fraction of sp³-hybridized carbons (Fsp3) is 0.929. The molecule has 3 aliphatic rings. The van der Waals surface area contributed by atoms with E-state index in [9.17, 15) is 0 Å². The average molecular weight is 395 g/mol. The first-order valence-corrected chi connectivity index (χ1v) is 8.61. The Morgan fingerprint density at radius 3 is 3.05 bits per heavy atom. The van der Waals surface area contributed by atoms with Gasteiger partial charge < -0.3 is 10.2 Å². The molecule has 0 aromatic carbocycles. The number of nitrogens with zero attached hydrogens (tertiary/aromatic N) is 2. The number of piperidine rings is 1. The standard InChI is InChI=1S/C14H25N3S.HI/c1-11-4-5-13-8-16-14(17(13)9-11)15-7-12-3-2-6-18-10-12;/h11-13H,2-10H2,1H3,(H,15,16);1H. The number of hydrogen-bond acceptors (Lipinski definition) is 4. The van der Waals surface area contributed by atoms with Crippen molar-refractivity contribution in [1.82, 2.24) is 10.2 Å². The van der Waals surface area contributed by atoms with E-state index in [0.717, 1.165) is 24.9 Å². The summed E-state index contributed by atoms with van der Waals surface area (Å²) < 4.78 is 0. The van der Waals surface area contributed by atoms with Crippen molar-refractivity contribution in [3.8, 4) is 0 Å². The van der Waals surface area contributed by atoms with Crippen LogP contribution in [0.5, 0.6) is 0 Å². The van der Waals surface area contributed by atoms with Gasteiger partial charge in [-0.1, -0.05) is 6.92 Å². The Hall–Kier alpha value is 0.350. The fourth-order valence-electron chi connectivity index (χ4n) is 3.30. The highest BCUT2D eigenvalue weighted by molar-refractivity contribution is 14.0. The lowest BCUT2D eigenvalue weighted by Crippen LogP contribution is -2.49. The van der Waals surface area contributed by atoms with E-state index in [1.54, 1.807) is 0 Å². The summed E-state index contributed by atoms with van der Waals surface area (Å²) in [6.45, 7) is 5.72. The minimum Gasteiger partial charge on any atom is -0.356 e. The van der Waals surface area contributed by atoms with Gasteiger partial charge >= 0.3 is 0 Å². The number of rotatable bonds is 2. The van der Waals surface area contributed by atoms with Gasteiger partial charge in [0.2, 0.25) is 0 Å². The summed E-state index contributed by atoms with van der Waals surface area (Å²) in [5, 5.41) is 3.63. The summed E-state index contributed by atoms with van der Waals surface area (Å²) >= 11 is 2.12. The molecule has 3 nitrogen and oxygen atoms in total. The summed E-state index contributed by atoms with van der Waals surface area (Å²) in [6, 6.07) is 0.699. The number of hydrogen-bond donors (Lipinski definition) is 1. The minimum atomic E-state index is 0. The lowest BCUT2D eigenvalue weighted by atomic mass is 9.95. The monoisotopic (exact) mass is 395 g/mol. The van der Waals surface area contributed by atoms with Crippen molar-refractivity contribution >= 4 is 41.7 Å². The molecule has 2 saturated heterocycles. The van der Waals surface area contributed by atoms with Crippen molar-refractivity contribution in [2.45, 2.75) is 38.6 Å². The predicted octanol–water partition coefficient (Wildman–Crippen LogP) is 2.81. The van der Waals surface area contributed by atoms with Gasteiger partial charge in [0.05, 0.1) is 12.6 Å². The van der Waals surface area contributed by atoms with Gasteiger partial charge in [-0.05, 0) is 49.0 Å². The molecule has 0 radical (unpaired) electrons. The van der Waals surface area contributed by atoms with Gasteiger partial charge in [-0.3, -0.25) is 4.99 Å². The molecule has 19 heavy (non-hydrogen) atoms. The Labute approximate surface area is 138 Å². The second-order valence-electron chi connectivity index (χ2n) is 6.12. The van der Waals surface area contributed by atoms with Crippen LogP contribution in [0, 0.1) is 11.8 Å². The Morgan fingerprint density at radius 2 is 2.26 bits per heavy atom. The Bertz CT molecular complexity index is 318. The van der Waals surface area contributed by atoms with Crippen LogP contribution < -0.4 is 5.32 Å². The van der Waals surface area contributed by atoms with Gasteiger partial charge in [0.15, 0.2) is 5.96 Å². The molecule has 3 heterocycles. The molecular weight excluding hydrogens is 369 g/mol. The molecule has 5 heteroatoms. The number of nitrogens with one attached hydrogen (secondary N) is 1.